The lowest BCUT2D eigenvalue weighted by molar-refractivity contribution is 0.0921. The molecule has 3 rings (SSSR count). The maximum Gasteiger partial charge on any atom is 0.287 e. The maximum atomic E-state index is 12.3. The third-order valence-electron chi connectivity index (χ3n) is 4.05. The van der Waals surface area contributed by atoms with Crippen LogP contribution in [-0.2, 0) is 0 Å². The normalized spacial score (nSPS) is 15.4. The van der Waals surface area contributed by atoms with E-state index in [1.54, 1.807) is 6.07 Å². The Morgan fingerprint density at radius 3 is 2.83 bits per heavy atom. The Kier molecular flexibility index (Phi) is 6.30. The van der Waals surface area contributed by atoms with E-state index in [0.717, 1.165) is 43.7 Å². The molecule has 2 aromatic rings. The highest BCUT2D eigenvalue weighted by Crippen LogP contribution is 2.30. The van der Waals surface area contributed by atoms with Gasteiger partial charge in [0.25, 0.3) is 5.91 Å². The summed E-state index contributed by atoms with van der Waals surface area (Å²) in [6, 6.07) is 5.54. The molecule has 1 aromatic heterocycles. The molecule has 1 aromatic carbocycles. The highest BCUT2D eigenvalue weighted by Gasteiger charge is 2.19. The van der Waals surface area contributed by atoms with Crippen LogP contribution in [0.3, 0.4) is 0 Å². The number of aryl methyl sites for hydroxylation is 1. The van der Waals surface area contributed by atoms with Crippen LogP contribution in [0, 0.1) is 6.92 Å². The number of nitrogens with zero attached hydrogens (tertiary/aromatic N) is 1. The van der Waals surface area contributed by atoms with Gasteiger partial charge >= 0.3 is 0 Å². The van der Waals surface area contributed by atoms with E-state index in [1.807, 2.05) is 19.1 Å². The first-order chi connectivity index (χ1) is 10.7. The largest absolute Gasteiger partial charge is 0.449 e. The minimum atomic E-state index is -0.181. The van der Waals surface area contributed by atoms with Crippen LogP contribution < -0.4 is 10.6 Å². The van der Waals surface area contributed by atoms with Crippen LogP contribution in [0.5, 0.6) is 0 Å². The molecule has 0 saturated carbocycles. The number of rotatable bonds is 4. The fourth-order valence-electron chi connectivity index (χ4n) is 2.77. The summed E-state index contributed by atoms with van der Waals surface area (Å²) in [4.78, 5) is 14.6. The lowest BCUT2D eigenvalue weighted by Gasteiger charge is -2.26. The third kappa shape index (κ3) is 3.98. The van der Waals surface area contributed by atoms with E-state index < -0.39 is 0 Å². The number of piperazine rings is 1. The van der Waals surface area contributed by atoms with Crippen molar-refractivity contribution >= 4 is 40.9 Å². The molecule has 0 unspecified atom stereocenters. The van der Waals surface area contributed by atoms with Gasteiger partial charge in [-0.2, -0.15) is 0 Å². The molecule has 0 radical (unpaired) electrons. The quantitative estimate of drug-likeness (QED) is 0.882. The van der Waals surface area contributed by atoms with E-state index in [0.29, 0.717) is 22.9 Å². The summed E-state index contributed by atoms with van der Waals surface area (Å²) in [7, 11) is 0. The van der Waals surface area contributed by atoms with Crippen molar-refractivity contribution in [3.63, 3.8) is 0 Å². The molecule has 2 N–H and O–H groups in total. The molecule has 1 amide bonds. The van der Waals surface area contributed by atoms with Crippen molar-refractivity contribution in [2.24, 2.45) is 0 Å². The Morgan fingerprint density at radius 1 is 1.39 bits per heavy atom. The Bertz CT molecular complexity index is 681. The van der Waals surface area contributed by atoms with Gasteiger partial charge in [-0.3, -0.25) is 9.69 Å². The number of carbonyl (C=O) groups is 1. The Hall–Kier alpha value is -1.27. The summed E-state index contributed by atoms with van der Waals surface area (Å²) in [5, 5.41) is 7.66. The number of benzene rings is 1. The molecule has 1 saturated heterocycles. The number of para-hydroxylation sites is 1. The summed E-state index contributed by atoms with van der Waals surface area (Å²) >= 11 is 6.11. The molecule has 23 heavy (non-hydrogen) atoms. The van der Waals surface area contributed by atoms with Crippen LogP contribution in [0.25, 0.3) is 11.0 Å². The first kappa shape index (κ1) is 18.1. The van der Waals surface area contributed by atoms with Gasteiger partial charge < -0.3 is 15.1 Å². The number of halogens is 2. The predicted molar refractivity (Wildman–Crippen MR) is 94.9 cm³/mol. The van der Waals surface area contributed by atoms with Gasteiger partial charge in [0, 0.05) is 50.2 Å². The van der Waals surface area contributed by atoms with Crippen molar-refractivity contribution in [3.8, 4) is 0 Å². The van der Waals surface area contributed by atoms with Gasteiger partial charge in [0.15, 0.2) is 11.3 Å². The average molecular weight is 358 g/mol. The average Bonchev–Trinajstić information content (AvgIpc) is 2.87. The number of hydrogen-bond donors (Lipinski definition) is 2. The second kappa shape index (κ2) is 8.02. The molecule has 0 aliphatic carbocycles. The van der Waals surface area contributed by atoms with Crippen molar-refractivity contribution in [3.05, 3.63) is 34.5 Å². The Morgan fingerprint density at radius 2 is 2.13 bits per heavy atom. The number of furan rings is 1. The fourth-order valence-corrected chi connectivity index (χ4v) is 2.98. The van der Waals surface area contributed by atoms with Crippen molar-refractivity contribution < 1.29 is 9.21 Å². The fraction of sp³-hybridized carbons (Fsp3) is 0.438. The van der Waals surface area contributed by atoms with Gasteiger partial charge in [-0.15, -0.1) is 12.4 Å². The van der Waals surface area contributed by atoms with Crippen LogP contribution in [0.1, 0.15) is 16.1 Å². The van der Waals surface area contributed by atoms with E-state index in [2.05, 4.69) is 15.5 Å². The van der Waals surface area contributed by atoms with Gasteiger partial charge in [-0.1, -0.05) is 23.7 Å². The molecule has 0 bridgehead atoms. The van der Waals surface area contributed by atoms with Crippen molar-refractivity contribution in [1.29, 1.82) is 0 Å². The standard InChI is InChI=1S/C16H20ClN3O2.ClH/c1-11-12-3-2-4-13(17)15(12)22-14(11)16(21)19-7-10-20-8-5-18-6-9-20;/h2-4,18H,5-10H2,1H3,(H,19,21);1H. The van der Waals surface area contributed by atoms with Gasteiger partial charge in [0.05, 0.1) is 5.02 Å². The SMILES string of the molecule is Cc1c(C(=O)NCCN2CCNCC2)oc2c(Cl)cccc12.Cl. The number of hydrogen-bond acceptors (Lipinski definition) is 4. The second-order valence-corrected chi connectivity index (χ2v) is 5.93. The summed E-state index contributed by atoms with van der Waals surface area (Å²) < 4.78 is 5.67. The Balaban J connectivity index is 0.00000192. The first-order valence-electron chi connectivity index (χ1n) is 7.55. The van der Waals surface area contributed by atoms with E-state index in [4.69, 9.17) is 16.0 Å². The molecule has 7 heteroatoms. The summed E-state index contributed by atoms with van der Waals surface area (Å²) in [5.74, 6) is 0.170. The van der Waals surface area contributed by atoms with Gasteiger partial charge in [-0.25, -0.2) is 0 Å². The molecule has 0 spiro atoms. The highest BCUT2D eigenvalue weighted by atomic mass is 35.5. The van der Waals surface area contributed by atoms with Crippen LogP contribution in [0.4, 0.5) is 0 Å². The lowest BCUT2D eigenvalue weighted by atomic mass is 10.1. The zero-order valence-electron chi connectivity index (χ0n) is 13.0. The molecule has 126 valence electrons. The van der Waals surface area contributed by atoms with Crippen molar-refractivity contribution in [2.75, 3.05) is 39.3 Å². The summed E-state index contributed by atoms with van der Waals surface area (Å²) in [5.41, 5.74) is 1.41. The van der Waals surface area contributed by atoms with Gasteiger partial charge in [0.2, 0.25) is 0 Å². The molecule has 0 atom stereocenters. The molecule has 2 heterocycles. The van der Waals surface area contributed by atoms with Gasteiger partial charge in [0.1, 0.15) is 0 Å². The zero-order chi connectivity index (χ0) is 15.5. The Labute approximate surface area is 146 Å². The van der Waals surface area contributed by atoms with Gasteiger partial charge in [-0.05, 0) is 13.0 Å². The summed E-state index contributed by atoms with van der Waals surface area (Å²) in [6.45, 7) is 7.42. The molecular weight excluding hydrogens is 337 g/mol. The number of carbonyl (C=O) groups excluding carboxylic acids is 1. The minimum Gasteiger partial charge on any atom is -0.449 e. The zero-order valence-corrected chi connectivity index (χ0v) is 14.6. The molecule has 5 nitrogen and oxygen atoms in total. The summed E-state index contributed by atoms with van der Waals surface area (Å²) in [6.07, 6.45) is 0. The molecule has 1 aliphatic rings. The van der Waals surface area contributed by atoms with E-state index in [9.17, 15) is 4.79 Å². The third-order valence-corrected chi connectivity index (χ3v) is 4.34. The monoisotopic (exact) mass is 357 g/mol. The molecular formula is C16H21Cl2N3O2. The van der Waals surface area contributed by atoms with Crippen molar-refractivity contribution in [2.45, 2.75) is 6.92 Å². The molecule has 1 aliphatic heterocycles. The number of amides is 1. The maximum absolute atomic E-state index is 12.3. The van der Waals surface area contributed by atoms with E-state index in [-0.39, 0.29) is 18.3 Å². The smallest absolute Gasteiger partial charge is 0.287 e. The van der Waals surface area contributed by atoms with Crippen LogP contribution in [0.15, 0.2) is 22.6 Å². The predicted octanol–water partition coefficient (Wildman–Crippen LogP) is 2.45. The van der Waals surface area contributed by atoms with E-state index in [1.165, 1.54) is 0 Å². The topological polar surface area (TPSA) is 57.5 Å². The highest BCUT2D eigenvalue weighted by molar-refractivity contribution is 6.35. The minimum absolute atomic E-state index is 0. The van der Waals surface area contributed by atoms with E-state index >= 15 is 0 Å². The van der Waals surface area contributed by atoms with Crippen LogP contribution >= 0.6 is 24.0 Å². The van der Waals surface area contributed by atoms with Crippen molar-refractivity contribution in [1.82, 2.24) is 15.5 Å². The number of fused-ring (bicyclic) bond motifs is 1. The molecule has 1 fully saturated rings. The van der Waals surface area contributed by atoms with Crippen LogP contribution in [-0.4, -0.2) is 50.1 Å². The number of nitrogens with one attached hydrogen (secondary N) is 2. The lowest BCUT2D eigenvalue weighted by Crippen LogP contribution is -2.46. The van der Waals surface area contributed by atoms with Crippen LogP contribution in [0.2, 0.25) is 5.02 Å². The second-order valence-electron chi connectivity index (χ2n) is 5.52. The first-order valence-corrected chi connectivity index (χ1v) is 7.93.